The van der Waals surface area contributed by atoms with Gasteiger partial charge in [-0.2, -0.15) is 0 Å². The third kappa shape index (κ3) is 5.28. The minimum absolute atomic E-state index is 0.0106. The summed E-state index contributed by atoms with van der Waals surface area (Å²) in [4.78, 5) is 11.4. The largest absolute Gasteiger partial charge is 0.352 e. The SMILES string of the molecule is CNCCCC(=O)NCc1ccc(Br)c(F)c1. The van der Waals surface area contributed by atoms with Crippen LogP contribution in [0, 0.1) is 5.82 Å². The van der Waals surface area contributed by atoms with Crippen LogP contribution < -0.4 is 10.6 Å². The Kier molecular flexibility index (Phi) is 6.15. The van der Waals surface area contributed by atoms with Crippen molar-refractivity contribution >= 4 is 21.8 Å². The molecular formula is C12H16BrFN2O. The van der Waals surface area contributed by atoms with Crippen molar-refractivity contribution in [2.45, 2.75) is 19.4 Å². The number of hydrogen-bond donors (Lipinski definition) is 2. The molecule has 0 unspecified atom stereocenters. The molecule has 0 saturated carbocycles. The normalized spacial score (nSPS) is 10.3. The highest BCUT2D eigenvalue weighted by molar-refractivity contribution is 9.10. The predicted octanol–water partition coefficient (Wildman–Crippen LogP) is 2.20. The van der Waals surface area contributed by atoms with Crippen molar-refractivity contribution in [2.24, 2.45) is 0 Å². The van der Waals surface area contributed by atoms with Crippen molar-refractivity contribution in [3.8, 4) is 0 Å². The number of rotatable bonds is 6. The standard InChI is InChI=1S/C12H16BrFN2O/c1-15-6-2-3-12(17)16-8-9-4-5-10(13)11(14)7-9/h4-5,7,15H,2-3,6,8H2,1H3,(H,16,17). The van der Waals surface area contributed by atoms with Crippen LogP contribution in [0.25, 0.3) is 0 Å². The van der Waals surface area contributed by atoms with Gasteiger partial charge in [-0.25, -0.2) is 4.39 Å². The minimum Gasteiger partial charge on any atom is -0.352 e. The van der Waals surface area contributed by atoms with Gasteiger partial charge in [0.1, 0.15) is 5.82 Å². The highest BCUT2D eigenvalue weighted by Crippen LogP contribution is 2.16. The number of benzene rings is 1. The Morgan fingerprint density at radius 2 is 2.24 bits per heavy atom. The van der Waals surface area contributed by atoms with E-state index in [4.69, 9.17) is 0 Å². The lowest BCUT2D eigenvalue weighted by atomic mass is 10.2. The fourth-order valence-corrected chi connectivity index (χ4v) is 1.61. The summed E-state index contributed by atoms with van der Waals surface area (Å²) in [6, 6.07) is 4.83. The molecule has 0 bridgehead atoms. The zero-order valence-corrected chi connectivity index (χ0v) is 11.3. The van der Waals surface area contributed by atoms with Crippen molar-refractivity contribution < 1.29 is 9.18 Å². The van der Waals surface area contributed by atoms with Crippen molar-refractivity contribution in [1.29, 1.82) is 0 Å². The Morgan fingerprint density at radius 3 is 2.88 bits per heavy atom. The molecule has 0 aliphatic heterocycles. The quantitative estimate of drug-likeness (QED) is 0.791. The summed E-state index contributed by atoms with van der Waals surface area (Å²) in [5.41, 5.74) is 0.757. The molecule has 1 aromatic rings. The Balaban J connectivity index is 2.34. The Hall–Kier alpha value is -0.940. The molecular weight excluding hydrogens is 287 g/mol. The summed E-state index contributed by atoms with van der Waals surface area (Å²) in [6.07, 6.45) is 1.29. The van der Waals surface area contributed by atoms with Crippen LogP contribution in [0.15, 0.2) is 22.7 Å². The second kappa shape index (κ2) is 7.40. The van der Waals surface area contributed by atoms with Crippen LogP contribution in [0.5, 0.6) is 0 Å². The van der Waals surface area contributed by atoms with Gasteiger partial charge in [0.05, 0.1) is 4.47 Å². The fourth-order valence-electron chi connectivity index (χ4n) is 1.36. The van der Waals surface area contributed by atoms with E-state index in [0.29, 0.717) is 17.4 Å². The molecule has 2 N–H and O–H groups in total. The first-order valence-electron chi connectivity index (χ1n) is 5.48. The minimum atomic E-state index is -0.313. The molecule has 0 fully saturated rings. The molecule has 1 rings (SSSR count). The van der Waals surface area contributed by atoms with E-state index < -0.39 is 0 Å². The van der Waals surface area contributed by atoms with Gasteiger partial charge in [0.15, 0.2) is 0 Å². The summed E-state index contributed by atoms with van der Waals surface area (Å²) in [7, 11) is 1.85. The summed E-state index contributed by atoms with van der Waals surface area (Å²) in [6.45, 7) is 1.18. The second-order valence-corrected chi connectivity index (χ2v) is 4.59. The zero-order chi connectivity index (χ0) is 12.7. The molecule has 0 aliphatic carbocycles. The van der Waals surface area contributed by atoms with Crippen molar-refractivity contribution in [1.82, 2.24) is 10.6 Å². The predicted molar refractivity (Wildman–Crippen MR) is 69.1 cm³/mol. The summed E-state index contributed by atoms with van der Waals surface area (Å²) >= 11 is 3.08. The molecule has 0 aliphatic rings. The van der Waals surface area contributed by atoms with E-state index in [1.165, 1.54) is 6.07 Å². The van der Waals surface area contributed by atoms with E-state index in [-0.39, 0.29) is 11.7 Å². The highest BCUT2D eigenvalue weighted by atomic mass is 79.9. The molecule has 0 saturated heterocycles. The number of halogens is 2. The van der Waals surface area contributed by atoms with E-state index in [2.05, 4.69) is 26.6 Å². The first-order valence-corrected chi connectivity index (χ1v) is 6.28. The molecule has 0 atom stereocenters. The maximum absolute atomic E-state index is 13.2. The lowest BCUT2D eigenvalue weighted by Crippen LogP contribution is -2.23. The second-order valence-electron chi connectivity index (χ2n) is 3.73. The topological polar surface area (TPSA) is 41.1 Å². The molecule has 0 aromatic heterocycles. The van der Waals surface area contributed by atoms with E-state index in [1.807, 2.05) is 7.05 Å². The van der Waals surface area contributed by atoms with Crippen LogP contribution in [-0.4, -0.2) is 19.5 Å². The van der Waals surface area contributed by atoms with E-state index >= 15 is 0 Å². The van der Waals surface area contributed by atoms with Crippen LogP contribution >= 0.6 is 15.9 Å². The van der Waals surface area contributed by atoms with Crippen LogP contribution in [0.2, 0.25) is 0 Å². The van der Waals surface area contributed by atoms with Crippen molar-refractivity contribution in [3.63, 3.8) is 0 Å². The molecule has 0 heterocycles. The Morgan fingerprint density at radius 1 is 1.47 bits per heavy atom. The molecule has 17 heavy (non-hydrogen) atoms. The van der Waals surface area contributed by atoms with Gasteiger partial charge in [0, 0.05) is 13.0 Å². The van der Waals surface area contributed by atoms with Crippen LogP contribution in [0.4, 0.5) is 4.39 Å². The average molecular weight is 303 g/mol. The third-order valence-corrected chi connectivity index (χ3v) is 2.95. The molecule has 0 radical (unpaired) electrons. The molecule has 0 spiro atoms. The van der Waals surface area contributed by atoms with E-state index in [1.54, 1.807) is 12.1 Å². The Bertz CT molecular complexity index is 385. The van der Waals surface area contributed by atoms with Gasteiger partial charge in [-0.05, 0) is 53.6 Å². The number of hydrogen-bond acceptors (Lipinski definition) is 2. The van der Waals surface area contributed by atoms with E-state index in [9.17, 15) is 9.18 Å². The number of amides is 1. The van der Waals surface area contributed by atoms with Gasteiger partial charge in [-0.1, -0.05) is 6.07 Å². The van der Waals surface area contributed by atoms with Gasteiger partial charge in [-0.3, -0.25) is 4.79 Å². The van der Waals surface area contributed by atoms with Crippen molar-refractivity contribution in [3.05, 3.63) is 34.1 Å². The van der Waals surface area contributed by atoms with Crippen LogP contribution in [0.1, 0.15) is 18.4 Å². The summed E-state index contributed by atoms with van der Waals surface area (Å²) in [5, 5.41) is 5.73. The fraction of sp³-hybridized carbons (Fsp3) is 0.417. The summed E-state index contributed by atoms with van der Waals surface area (Å²) in [5.74, 6) is -0.324. The summed E-state index contributed by atoms with van der Waals surface area (Å²) < 4.78 is 13.6. The maximum atomic E-state index is 13.2. The Labute approximate surface area is 109 Å². The lowest BCUT2D eigenvalue weighted by Gasteiger charge is -2.06. The maximum Gasteiger partial charge on any atom is 0.220 e. The zero-order valence-electron chi connectivity index (χ0n) is 9.72. The molecule has 1 amide bonds. The lowest BCUT2D eigenvalue weighted by molar-refractivity contribution is -0.121. The molecule has 3 nitrogen and oxygen atoms in total. The average Bonchev–Trinajstić information content (AvgIpc) is 2.31. The molecule has 5 heteroatoms. The van der Waals surface area contributed by atoms with Crippen LogP contribution in [0.3, 0.4) is 0 Å². The van der Waals surface area contributed by atoms with Gasteiger partial charge in [-0.15, -0.1) is 0 Å². The van der Waals surface area contributed by atoms with E-state index in [0.717, 1.165) is 18.5 Å². The number of carbonyl (C=O) groups excluding carboxylic acids is 1. The van der Waals surface area contributed by atoms with Gasteiger partial charge < -0.3 is 10.6 Å². The molecule has 1 aromatic carbocycles. The van der Waals surface area contributed by atoms with Gasteiger partial charge in [0.25, 0.3) is 0 Å². The number of carbonyl (C=O) groups is 1. The smallest absolute Gasteiger partial charge is 0.220 e. The molecule has 94 valence electrons. The van der Waals surface area contributed by atoms with Crippen LogP contribution in [-0.2, 0) is 11.3 Å². The van der Waals surface area contributed by atoms with Gasteiger partial charge in [0.2, 0.25) is 5.91 Å². The van der Waals surface area contributed by atoms with Gasteiger partial charge >= 0.3 is 0 Å². The highest BCUT2D eigenvalue weighted by Gasteiger charge is 2.03. The first-order chi connectivity index (χ1) is 8.13. The monoisotopic (exact) mass is 302 g/mol. The number of nitrogens with one attached hydrogen (secondary N) is 2. The third-order valence-electron chi connectivity index (χ3n) is 2.30. The van der Waals surface area contributed by atoms with Crippen molar-refractivity contribution in [2.75, 3.05) is 13.6 Å². The first kappa shape index (κ1) is 14.1.